The van der Waals surface area contributed by atoms with Crippen LogP contribution in [0.2, 0.25) is 0 Å². The lowest BCUT2D eigenvalue weighted by Gasteiger charge is -2.13. The van der Waals surface area contributed by atoms with Gasteiger partial charge in [-0.05, 0) is 18.8 Å². The van der Waals surface area contributed by atoms with E-state index in [2.05, 4.69) is 5.10 Å². The molecule has 0 spiro atoms. The van der Waals surface area contributed by atoms with Gasteiger partial charge in [0.25, 0.3) is 5.56 Å². The second-order valence-corrected chi connectivity index (χ2v) is 5.43. The minimum atomic E-state index is -0.653. The Labute approximate surface area is 127 Å². The lowest BCUT2D eigenvalue weighted by Crippen LogP contribution is -2.30. The van der Waals surface area contributed by atoms with Crippen molar-refractivity contribution < 1.29 is 9.53 Å². The molecule has 0 radical (unpaired) electrons. The molecule has 22 heavy (non-hydrogen) atoms. The van der Waals surface area contributed by atoms with E-state index < -0.39 is 11.5 Å². The van der Waals surface area contributed by atoms with Crippen molar-refractivity contribution in [3.8, 4) is 11.3 Å². The van der Waals surface area contributed by atoms with Crippen molar-refractivity contribution in [1.82, 2.24) is 9.78 Å². The molecule has 2 N–H and O–H groups in total. The number of nitrogens with two attached hydrogens (primary N) is 1. The van der Waals surface area contributed by atoms with E-state index in [0.717, 1.165) is 18.4 Å². The quantitative estimate of drug-likeness (QED) is 0.868. The minimum Gasteiger partial charge on any atom is -0.465 e. The summed E-state index contributed by atoms with van der Waals surface area (Å²) in [5.74, 6) is -0.184. The number of carbonyl (C=O) groups excluding carboxylic acids is 1. The van der Waals surface area contributed by atoms with E-state index in [1.807, 2.05) is 30.3 Å². The molecule has 0 aliphatic heterocycles. The predicted molar refractivity (Wildman–Crippen MR) is 82.4 cm³/mol. The molecule has 114 valence electrons. The highest BCUT2D eigenvalue weighted by Gasteiger charge is 2.27. The van der Waals surface area contributed by atoms with Crippen LogP contribution in [-0.4, -0.2) is 22.9 Å². The number of ether oxygens (including phenoxy) is 1. The van der Waals surface area contributed by atoms with Crippen LogP contribution < -0.4 is 11.3 Å². The van der Waals surface area contributed by atoms with E-state index in [4.69, 9.17) is 10.5 Å². The summed E-state index contributed by atoms with van der Waals surface area (Å²) in [6.45, 7) is 0.532. The summed E-state index contributed by atoms with van der Waals surface area (Å²) < 4.78 is 6.12. The van der Waals surface area contributed by atoms with Gasteiger partial charge in [-0.2, -0.15) is 5.10 Å². The van der Waals surface area contributed by atoms with Gasteiger partial charge in [-0.15, -0.1) is 0 Å². The van der Waals surface area contributed by atoms with E-state index in [1.54, 1.807) is 0 Å². The second kappa shape index (κ2) is 5.63. The number of benzene rings is 1. The molecule has 1 aromatic heterocycles. The van der Waals surface area contributed by atoms with Crippen LogP contribution in [0.1, 0.15) is 23.2 Å². The Kier molecular flexibility index (Phi) is 3.66. The average molecular weight is 299 g/mol. The van der Waals surface area contributed by atoms with Gasteiger partial charge in [0.05, 0.1) is 7.11 Å². The number of rotatable bonds is 4. The van der Waals surface area contributed by atoms with E-state index >= 15 is 0 Å². The molecule has 1 aliphatic carbocycles. The number of nitrogens with zero attached hydrogens (tertiary/aromatic N) is 2. The molecular weight excluding hydrogens is 282 g/mol. The summed E-state index contributed by atoms with van der Waals surface area (Å²) >= 11 is 0. The summed E-state index contributed by atoms with van der Waals surface area (Å²) in [5, 5.41) is 4.38. The fourth-order valence-corrected chi connectivity index (χ4v) is 2.37. The molecule has 0 saturated heterocycles. The number of methoxy groups -OCH3 is 1. The fourth-order valence-electron chi connectivity index (χ4n) is 2.37. The van der Waals surface area contributed by atoms with Gasteiger partial charge >= 0.3 is 5.97 Å². The first kappa shape index (κ1) is 14.3. The maximum Gasteiger partial charge on any atom is 0.342 e. The summed E-state index contributed by atoms with van der Waals surface area (Å²) in [6.07, 6.45) is 2.18. The van der Waals surface area contributed by atoms with Crippen molar-refractivity contribution in [3.63, 3.8) is 0 Å². The maximum atomic E-state index is 12.3. The minimum absolute atomic E-state index is 0.0331. The third kappa shape index (κ3) is 2.59. The standard InChI is InChI=1S/C16H17N3O3/c1-22-16(21)12-13(17)15(20)19(9-10-7-8-10)18-14(12)11-5-3-2-4-6-11/h2-6,10H,7-9,17H2,1H3. The summed E-state index contributed by atoms with van der Waals surface area (Å²) in [7, 11) is 1.26. The number of esters is 1. The molecule has 1 heterocycles. The van der Waals surface area contributed by atoms with Gasteiger partial charge in [0, 0.05) is 12.1 Å². The highest BCUT2D eigenvalue weighted by Crippen LogP contribution is 2.31. The van der Waals surface area contributed by atoms with Crippen LogP contribution in [0.15, 0.2) is 35.1 Å². The van der Waals surface area contributed by atoms with Gasteiger partial charge in [0.2, 0.25) is 0 Å². The normalized spacial score (nSPS) is 13.9. The van der Waals surface area contributed by atoms with E-state index in [9.17, 15) is 9.59 Å². The first-order valence-corrected chi connectivity index (χ1v) is 7.16. The Hall–Kier alpha value is -2.63. The molecule has 1 aromatic carbocycles. The third-order valence-electron chi connectivity index (χ3n) is 3.76. The number of nitrogen functional groups attached to an aromatic ring is 1. The monoisotopic (exact) mass is 299 g/mol. The maximum absolute atomic E-state index is 12.3. The molecule has 1 fully saturated rings. The number of hydrogen-bond donors (Lipinski definition) is 1. The molecular formula is C16H17N3O3. The topological polar surface area (TPSA) is 87.2 Å². The van der Waals surface area contributed by atoms with Crippen molar-refractivity contribution in [2.45, 2.75) is 19.4 Å². The van der Waals surface area contributed by atoms with E-state index in [-0.39, 0.29) is 11.3 Å². The van der Waals surface area contributed by atoms with Crippen molar-refractivity contribution in [2.24, 2.45) is 5.92 Å². The number of carbonyl (C=O) groups is 1. The summed E-state index contributed by atoms with van der Waals surface area (Å²) in [6, 6.07) is 9.18. The zero-order chi connectivity index (χ0) is 15.7. The van der Waals surface area contributed by atoms with Crippen LogP contribution in [0.3, 0.4) is 0 Å². The van der Waals surface area contributed by atoms with Crippen LogP contribution in [0.25, 0.3) is 11.3 Å². The lowest BCUT2D eigenvalue weighted by atomic mass is 10.1. The van der Waals surface area contributed by atoms with Gasteiger partial charge in [-0.3, -0.25) is 4.79 Å². The molecule has 0 bridgehead atoms. The Bertz CT molecular complexity index is 764. The molecule has 0 amide bonds. The highest BCUT2D eigenvalue weighted by atomic mass is 16.5. The molecule has 3 rings (SSSR count). The largest absolute Gasteiger partial charge is 0.465 e. The van der Waals surface area contributed by atoms with E-state index in [0.29, 0.717) is 18.2 Å². The van der Waals surface area contributed by atoms with Gasteiger partial charge in [-0.1, -0.05) is 30.3 Å². The smallest absolute Gasteiger partial charge is 0.342 e. The SMILES string of the molecule is COC(=O)c1c(-c2ccccc2)nn(CC2CC2)c(=O)c1N. The molecule has 1 aliphatic rings. The van der Waals surface area contributed by atoms with E-state index in [1.165, 1.54) is 11.8 Å². The first-order valence-electron chi connectivity index (χ1n) is 7.16. The fraction of sp³-hybridized carbons (Fsp3) is 0.312. The van der Waals surface area contributed by atoms with Gasteiger partial charge in [0.15, 0.2) is 0 Å². The lowest BCUT2D eigenvalue weighted by molar-refractivity contribution is 0.0602. The third-order valence-corrected chi connectivity index (χ3v) is 3.76. The van der Waals surface area contributed by atoms with Crippen molar-refractivity contribution >= 4 is 11.7 Å². The molecule has 0 unspecified atom stereocenters. The van der Waals surface area contributed by atoms with Gasteiger partial charge in [0.1, 0.15) is 16.9 Å². The number of aromatic nitrogens is 2. The molecule has 1 saturated carbocycles. The predicted octanol–water partition coefficient (Wildman–Crippen LogP) is 1.69. The molecule has 6 nitrogen and oxygen atoms in total. The van der Waals surface area contributed by atoms with Crippen LogP contribution in [0.4, 0.5) is 5.69 Å². The molecule has 6 heteroatoms. The van der Waals surface area contributed by atoms with Gasteiger partial charge in [-0.25, -0.2) is 9.48 Å². The Morgan fingerprint density at radius 1 is 1.36 bits per heavy atom. The Morgan fingerprint density at radius 2 is 2.05 bits per heavy atom. The summed E-state index contributed by atoms with van der Waals surface area (Å²) in [5.41, 5.74) is 6.51. The second-order valence-electron chi connectivity index (χ2n) is 5.43. The van der Waals surface area contributed by atoms with Crippen LogP contribution in [0.5, 0.6) is 0 Å². The van der Waals surface area contributed by atoms with Crippen LogP contribution in [0, 0.1) is 5.92 Å². The first-order chi connectivity index (χ1) is 10.6. The number of anilines is 1. The molecule has 2 aromatic rings. The number of hydrogen-bond acceptors (Lipinski definition) is 5. The van der Waals surface area contributed by atoms with Crippen molar-refractivity contribution in [2.75, 3.05) is 12.8 Å². The highest BCUT2D eigenvalue weighted by molar-refractivity contribution is 6.00. The average Bonchev–Trinajstić information content (AvgIpc) is 3.36. The van der Waals surface area contributed by atoms with Crippen molar-refractivity contribution in [1.29, 1.82) is 0 Å². The Morgan fingerprint density at radius 3 is 2.64 bits per heavy atom. The van der Waals surface area contributed by atoms with Crippen LogP contribution >= 0.6 is 0 Å². The van der Waals surface area contributed by atoms with Gasteiger partial charge < -0.3 is 10.5 Å². The van der Waals surface area contributed by atoms with Crippen molar-refractivity contribution in [3.05, 3.63) is 46.2 Å². The zero-order valence-corrected chi connectivity index (χ0v) is 12.3. The zero-order valence-electron chi connectivity index (χ0n) is 12.3. The molecule has 0 atom stereocenters. The summed E-state index contributed by atoms with van der Waals surface area (Å²) in [4.78, 5) is 24.4. The Balaban J connectivity index is 2.21. The van der Waals surface area contributed by atoms with Crippen LogP contribution in [-0.2, 0) is 11.3 Å².